The summed E-state index contributed by atoms with van der Waals surface area (Å²) in [4.78, 5) is 26.9. The molecule has 0 saturated heterocycles. The van der Waals surface area contributed by atoms with Gasteiger partial charge in [0.25, 0.3) is 0 Å². The third kappa shape index (κ3) is 4.74. The number of alkyl halides is 3. The molecule has 2 rings (SSSR count). The number of carbonyl (C=O) groups excluding carboxylic acids is 2. The standard InChI is InChI=1S/C17H18F3NO4/c1-9(22)14-11(8-13(23)25-16(2,3)4)21-10-6-5-7-12(15(10)14)24-17(18,19)20/h5-7,21H,8H2,1-4H3. The lowest BCUT2D eigenvalue weighted by atomic mass is 10.0. The van der Waals surface area contributed by atoms with Crippen LogP contribution in [0.4, 0.5) is 13.2 Å². The molecule has 0 radical (unpaired) electrons. The number of ketones is 1. The van der Waals surface area contributed by atoms with Gasteiger partial charge in [0.15, 0.2) is 5.78 Å². The van der Waals surface area contributed by atoms with Crippen molar-refractivity contribution >= 4 is 22.7 Å². The zero-order valence-electron chi connectivity index (χ0n) is 14.2. The lowest BCUT2D eigenvalue weighted by Gasteiger charge is -2.19. The number of rotatable bonds is 4. The smallest absolute Gasteiger partial charge is 0.460 e. The van der Waals surface area contributed by atoms with Gasteiger partial charge >= 0.3 is 12.3 Å². The van der Waals surface area contributed by atoms with Crippen molar-refractivity contribution in [3.8, 4) is 5.75 Å². The monoisotopic (exact) mass is 357 g/mol. The highest BCUT2D eigenvalue weighted by molar-refractivity contribution is 6.11. The van der Waals surface area contributed by atoms with Crippen molar-refractivity contribution in [1.82, 2.24) is 4.98 Å². The fourth-order valence-electron chi connectivity index (χ4n) is 2.52. The van der Waals surface area contributed by atoms with Crippen LogP contribution in [0.1, 0.15) is 43.7 Å². The van der Waals surface area contributed by atoms with E-state index < -0.39 is 29.5 Å². The SMILES string of the molecule is CC(=O)c1c(CC(=O)OC(C)(C)C)[nH]c2cccc(OC(F)(F)F)c12. The molecule has 0 atom stereocenters. The number of aromatic nitrogens is 1. The highest BCUT2D eigenvalue weighted by Crippen LogP contribution is 2.35. The predicted molar refractivity (Wildman–Crippen MR) is 84.5 cm³/mol. The van der Waals surface area contributed by atoms with Gasteiger partial charge in [-0.1, -0.05) is 6.07 Å². The summed E-state index contributed by atoms with van der Waals surface area (Å²) in [5.74, 6) is -1.58. The van der Waals surface area contributed by atoms with Crippen molar-refractivity contribution in [1.29, 1.82) is 0 Å². The van der Waals surface area contributed by atoms with E-state index in [9.17, 15) is 22.8 Å². The van der Waals surface area contributed by atoms with Crippen molar-refractivity contribution < 1.29 is 32.2 Å². The van der Waals surface area contributed by atoms with Gasteiger partial charge in [-0.05, 0) is 39.8 Å². The van der Waals surface area contributed by atoms with Gasteiger partial charge in [0.05, 0.1) is 22.9 Å². The first kappa shape index (κ1) is 18.8. The third-order valence-corrected chi connectivity index (χ3v) is 3.18. The van der Waals surface area contributed by atoms with Crippen molar-refractivity contribution in [2.75, 3.05) is 0 Å². The maximum Gasteiger partial charge on any atom is 0.573 e. The van der Waals surface area contributed by atoms with E-state index in [1.807, 2.05) is 0 Å². The minimum atomic E-state index is -4.90. The quantitative estimate of drug-likeness (QED) is 0.659. The maximum atomic E-state index is 12.6. The van der Waals surface area contributed by atoms with E-state index >= 15 is 0 Å². The first-order chi connectivity index (χ1) is 11.4. The number of carbonyl (C=O) groups is 2. The molecule has 1 heterocycles. The summed E-state index contributed by atoms with van der Waals surface area (Å²) in [6, 6.07) is 3.98. The fourth-order valence-corrected chi connectivity index (χ4v) is 2.52. The van der Waals surface area contributed by atoms with Gasteiger partial charge in [0, 0.05) is 5.69 Å². The number of esters is 1. The van der Waals surface area contributed by atoms with Crippen LogP contribution >= 0.6 is 0 Å². The van der Waals surface area contributed by atoms with Crippen molar-refractivity contribution in [2.24, 2.45) is 0 Å². The van der Waals surface area contributed by atoms with Crippen LogP contribution in [0, 0.1) is 0 Å². The lowest BCUT2D eigenvalue weighted by Crippen LogP contribution is -2.25. The molecule has 8 heteroatoms. The Kier molecular flexibility index (Phi) is 4.83. The molecule has 1 N–H and O–H groups in total. The Balaban J connectivity index is 2.52. The summed E-state index contributed by atoms with van der Waals surface area (Å²) in [6.07, 6.45) is -5.17. The number of fused-ring (bicyclic) bond motifs is 1. The molecule has 1 aromatic heterocycles. The molecule has 0 fully saturated rings. The minimum absolute atomic E-state index is 0.00844. The van der Waals surface area contributed by atoms with Crippen LogP contribution in [-0.4, -0.2) is 28.7 Å². The van der Waals surface area contributed by atoms with Gasteiger partial charge in [-0.25, -0.2) is 0 Å². The van der Waals surface area contributed by atoms with Crippen LogP contribution in [0.3, 0.4) is 0 Å². The molecule has 25 heavy (non-hydrogen) atoms. The molecule has 0 spiro atoms. The Morgan fingerprint density at radius 2 is 1.80 bits per heavy atom. The number of nitrogens with one attached hydrogen (secondary N) is 1. The Hall–Kier alpha value is -2.51. The molecule has 5 nitrogen and oxygen atoms in total. The number of hydrogen-bond acceptors (Lipinski definition) is 4. The van der Waals surface area contributed by atoms with Crippen LogP contribution < -0.4 is 4.74 Å². The topological polar surface area (TPSA) is 68.4 Å². The molecule has 136 valence electrons. The van der Waals surface area contributed by atoms with Crippen LogP contribution in [0.2, 0.25) is 0 Å². The Labute approximate surface area is 142 Å². The molecule has 0 aliphatic rings. The highest BCUT2D eigenvalue weighted by Gasteiger charge is 2.33. The third-order valence-electron chi connectivity index (χ3n) is 3.18. The molecule has 0 saturated carbocycles. The molecule has 2 aromatic rings. The van der Waals surface area contributed by atoms with Gasteiger partial charge in [0.2, 0.25) is 0 Å². The first-order valence-electron chi connectivity index (χ1n) is 7.49. The average molecular weight is 357 g/mol. The zero-order chi connectivity index (χ0) is 19.0. The zero-order valence-corrected chi connectivity index (χ0v) is 14.2. The number of H-pyrrole nitrogens is 1. The summed E-state index contributed by atoms with van der Waals surface area (Å²) < 4.78 is 47.1. The summed E-state index contributed by atoms with van der Waals surface area (Å²) in [5.41, 5.74) is -0.273. The van der Waals surface area contributed by atoms with Crippen molar-refractivity contribution in [3.05, 3.63) is 29.5 Å². The van der Waals surface area contributed by atoms with E-state index in [1.54, 1.807) is 20.8 Å². The Morgan fingerprint density at radius 3 is 2.32 bits per heavy atom. The molecule has 0 bridgehead atoms. The molecule has 0 amide bonds. The van der Waals surface area contributed by atoms with Crippen LogP contribution in [-0.2, 0) is 16.0 Å². The van der Waals surface area contributed by atoms with E-state index in [0.29, 0.717) is 0 Å². The van der Waals surface area contributed by atoms with Gasteiger partial charge in [-0.2, -0.15) is 0 Å². The lowest BCUT2D eigenvalue weighted by molar-refractivity contribution is -0.274. The van der Waals surface area contributed by atoms with E-state index in [2.05, 4.69) is 9.72 Å². The number of benzene rings is 1. The van der Waals surface area contributed by atoms with Crippen molar-refractivity contribution in [2.45, 2.75) is 46.1 Å². The first-order valence-corrected chi connectivity index (χ1v) is 7.49. The second-order valence-electron chi connectivity index (χ2n) is 6.52. The predicted octanol–water partition coefficient (Wildman–Crippen LogP) is 4.15. The number of Topliss-reactive ketones (excluding diaryl/α,β-unsaturated/α-hetero) is 1. The summed E-state index contributed by atoms with van der Waals surface area (Å²) in [6.45, 7) is 6.29. The van der Waals surface area contributed by atoms with Crippen LogP contribution in [0.25, 0.3) is 10.9 Å². The number of aromatic amines is 1. The van der Waals surface area contributed by atoms with E-state index in [4.69, 9.17) is 4.74 Å². The second kappa shape index (κ2) is 6.42. The van der Waals surface area contributed by atoms with Gasteiger partial charge in [0.1, 0.15) is 11.4 Å². The molecule has 1 aromatic carbocycles. The highest BCUT2D eigenvalue weighted by atomic mass is 19.4. The van der Waals surface area contributed by atoms with E-state index in [1.165, 1.54) is 19.1 Å². The normalized spacial score (nSPS) is 12.3. The number of ether oxygens (including phenoxy) is 2. The Bertz CT molecular complexity index is 816. The fraction of sp³-hybridized carbons (Fsp3) is 0.412. The minimum Gasteiger partial charge on any atom is -0.460 e. The van der Waals surface area contributed by atoms with Gasteiger partial charge in [-0.15, -0.1) is 13.2 Å². The summed E-state index contributed by atoms with van der Waals surface area (Å²) >= 11 is 0. The summed E-state index contributed by atoms with van der Waals surface area (Å²) in [7, 11) is 0. The maximum absolute atomic E-state index is 12.6. The second-order valence-corrected chi connectivity index (χ2v) is 6.52. The molecule has 0 aliphatic heterocycles. The van der Waals surface area contributed by atoms with Gasteiger partial charge in [-0.3, -0.25) is 9.59 Å². The Morgan fingerprint density at radius 1 is 1.16 bits per heavy atom. The molecular formula is C17H18F3NO4. The van der Waals surface area contributed by atoms with E-state index in [0.717, 1.165) is 6.07 Å². The molecule has 0 unspecified atom stereocenters. The van der Waals surface area contributed by atoms with Crippen LogP contribution in [0.5, 0.6) is 5.75 Å². The number of halogens is 3. The largest absolute Gasteiger partial charge is 0.573 e. The van der Waals surface area contributed by atoms with Crippen molar-refractivity contribution in [3.63, 3.8) is 0 Å². The number of hydrogen-bond donors (Lipinski definition) is 1. The van der Waals surface area contributed by atoms with E-state index in [-0.39, 0.29) is 28.6 Å². The molecular weight excluding hydrogens is 339 g/mol. The van der Waals surface area contributed by atoms with Gasteiger partial charge < -0.3 is 14.5 Å². The summed E-state index contributed by atoms with van der Waals surface area (Å²) in [5, 5.41) is -0.00844. The average Bonchev–Trinajstić information content (AvgIpc) is 2.73. The van der Waals surface area contributed by atoms with Crippen LogP contribution in [0.15, 0.2) is 18.2 Å². The molecule has 0 aliphatic carbocycles.